The van der Waals surface area contributed by atoms with Gasteiger partial charge in [0.05, 0.1) is 5.54 Å². The molecule has 1 fully saturated rings. The fourth-order valence-electron chi connectivity index (χ4n) is 3.75. The zero-order valence-electron chi connectivity index (χ0n) is 12.0. The van der Waals surface area contributed by atoms with Gasteiger partial charge < -0.3 is 9.47 Å². The van der Waals surface area contributed by atoms with Gasteiger partial charge in [-0.05, 0) is 56.0 Å². The van der Waals surface area contributed by atoms with Crippen LogP contribution in [-0.4, -0.2) is 36.1 Å². The highest BCUT2D eigenvalue weighted by Crippen LogP contribution is 2.38. The van der Waals surface area contributed by atoms with Gasteiger partial charge in [0.2, 0.25) is 6.79 Å². The average molecular weight is 285 g/mol. The molecule has 0 aromatic heterocycles. The van der Waals surface area contributed by atoms with E-state index in [1.807, 2.05) is 12.1 Å². The molecular formula is C17H19NO3. The molecule has 2 heterocycles. The average Bonchev–Trinajstić information content (AvgIpc) is 3.19. The van der Waals surface area contributed by atoms with Gasteiger partial charge in [-0.3, -0.25) is 9.69 Å². The van der Waals surface area contributed by atoms with Crippen LogP contribution in [0.25, 0.3) is 0 Å². The third-order valence-corrected chi connectivity index (χ3v) is 4.91. The summed E-state index contributed by atoms with van der Waals surface area (Å²) in [5.74, 6) is 1.96. The number of carbonyl (C=O) groups is 1. The largest absolute Gasteiger partial charge is 0.454 e. The van der Waals surface area contributed by atoms with Crippen LogP contribution in [0.1, 0.15) is 24.8 Å². The third-order valence-electron chi connectivity index (χ3n) is 4.91. The lowest BCUT2D eigenvalue weighted by Crippen LogP contribution is -2.48. The van der Waals surface area contributed by atoms with Crippen molar-refractivity contribution in [3.05, 3.63) is 35.9 Å². The summed E-state index contributed by atoms with van der Waals surface area (Å²) in [6.45, 7) is 2.26. The Morgan fingerprint density at radius 1 is 1.24 bits per heavy atom. The Bertz CT molecular complexity index is 610. The van der Waals surface area contributed by atoms with Crippen molar-refractivity contribution >= 4 is 5.78 Å². The summed E-state index contributed by atoms with van der Waals surface area (Å²) in [5.41, 5.74) is 1.01. The van der Waals surface area contributed by atoms with Gasteiger partial charge in [0, 0.05) is 6.54 Å². The van der Waals surface area contributed by atoms with Crippen LogP contribution in [0.4, 0.5) is 0 Å². The topological polar surface area (TPSA) is 38.8 Å². The molecule has 1 saturated heterocycles. The smallest absolute Gasteiger partial charge is 0.231 e. The number of benzene rings is 1. The summed E-state index contributed by atoms with van der Waals surface area (Å²) >= 11 is 0. The van der Waals surface area contributed by atoms with Crippen LogP contribution in [0.15, 0.2) is 30.4 Å². The molecule has 4 rings (SSSR count). The molecule has 1 aromatic rings. The molecule has 0 saturated carbocycles. The van der Waals surface area contributed by atoms with E-state index in [4.69, 9.17) is 9.47 Å². The van der Waals surface area contributed by atoms with Crippen molar-refractivity contribution in [3.8, 4) is 11.5 Å². The number of hydrogen-bond donors (Lipinski definition) is 0. The van der Waals surface area contributed by atoms with E-state index in [1.165, 1.54) is 5.56 Å². The van der Waals surface area contributed by atoms with Crippen molar-refractivity contribution in [1.82, 2.24) is 4.90 Å². The SMILES string of the molecule is O=C1C=CC[C@]12CCCN2CCc1ccc2c(c1)OCO2. The lowest BCUT2D eigenvalue weighted by molar-refractivity contribution is -0.123. The van der Waals surface area contributed by atoms with Gasteiger partial charge in [-0.15, -0.1) is 0 Å². The van der Waals surface area contributed by atoms with Crippen molar-refractivity contribution in [2.45, 2.75) is 31.2 Å². The van der Waals surface area contributed by atoms with E-state index in [2.05, 4.69) is 17.0 Å². The molecule has 1 spiro atoms. The Labute approximate surface area is 124 Å². The lowest BCUT2D eigenvalue weighted by atomic mass is 9.92. The lowest BCUT2D eigenvalue weighted by Gasteiger charge is -2.33. The maximum Gasteiger partial charge on any atom is 0.231 e. The molecule has 1 aliphatic carbocycles. The van der Waals surface area contributed by atoms with Crippen molar-refractivity contribution in [3.63, 3.8) is 0 Å². The summed E-state index contributed by atoms with van der Waals surface area (Å²) in [5, 5.41) is 0. The first kappa shape index (κ1) is 12.9. The van der Waals surface area contributed by atoms with E-state index < -0.39 is 0 Å². The van der Waals surface area contributed by atoms with Crippen LogP contribution in [0, 0.1) is 0 Å². The second kappa shape index (κ2) is 4.88. The molecule has 1 atom stereocenters. The fraction of sp³-hybridized carbons (Fsp3) is 0.471. The van der Waals surface area contributed by atoms with Gasteiger partial charge in [0.15, 0.2) is 17.3 Å². The van der Waals surface area contributed by atoms with E-state index in [1.54, 1.807) is 6.08 Å². The second-order valence-corrected chi connectivity index (χ2v) is 6.03. The molecule has 3 aliphatic rings. The molecule has 21 heavy (non-hydrogen) atoms. The molecule has 4 nitrogen and oxygen atoms in total. The Morgan fingerprint density at radius 3 is 3.00 bits per heavy atom. The number of likely N-dealkylation sites (tertiary alicyclic amines) is 1. The van der Waals surface area contributed by atoms with Gasteiger partial charge >= 0.3 is 0 Å². The Hall–Kier alpha value is -1.81. The van der Waals surface area contributed by atoms with E-state index >= 15 is 0 Å². The number of hydrogen-bond acceptors (Lipinski definition) is 4. The minimum atomic E-state index is -0.226. The molecule has 110 valence electrons. The second-order valence-electron chi connectivity index (χ2n) is 6.03. The molecule has 0 radical (unpaired) electrons. The number of ketones is 1. The fourth-order valence-corrected chi connectivity index (χ4v) is 3.75. The molecular weight excluding hydrogens is 266 g/mol. The quantitative estimate of drug-likeness (QED) is 0.854. The van der Waals surface area contributed by atoms with Crippen LogP contribution in [0.5, 0.6) is 11.5 Å². The van der Waals surface area contributed by atoms with Crippen LogP contribution in [0.2, 0.25) is 0 Å². The first-order valence-electron chi connectivity index (χ1n) is 7.62. The predicted molar refractivity (Wildman–Crippen MR) is 78.6 cm³/mol. The third kappa shape index (κ3) is 2.05. The van der Waals surface area contributed by atoms with E-state index in [-0.39, 0.29) is 5.54 Å². The Balaban J connectivity index is 1.46. The maximum absolute atomic E-state index is 12.2. The summed E-state index contributed by atoms with van der Waals surface area (Å²) in [7, 11) is 0. The van der Waals surface area contributed by atoms with Crippen molar-refractivity contribution in [1.29, 1.82) is 0 Å². The van der Waals surface area contributed by atoms with Crippen LogP contribution >= 0.6 is 0 Å². The van der Waals surface area contributed by atoms with Gasteiger partial charge in [-0.25, -0.2) is 0 Å². The summed E-state index contributed by atoms with van der Waals surface area (Å²) in [6.07, 6.45) is 7.73. The number of rotatable bonds is 3. The minimum absolute atomic E-state index is 0.226. The highest BCUT2D eigenvalue weighted by molar-refractivity contribution is 6.00. The van der Waals surface area contributed by atoms with E-state index in [0.717, 1.165) is 50.3 Å². The van der Waals surface area contributed by atoms with Crippen molar-refractivity contribution < 1.29 is 14.3 Å². The van der Waals surface area contributed by atoms with Gasteiger partial charge in [-0.2, -0.15) is 0 Å². The van der Waals surface area contributed by atoms with Crippen LogP contribution in [-0.2, 0) is 11.2 Å². The number of ether oxygens (including phenoxy) is 2. The first-order valence-corrected chi connectivity index (χ1v) is 7.62. The molecule has 2 aliphatic heterocycles. The first-order chi connectivity index (χ1) is 10.3. The number of nitrogens with zero attached hydrogens (tertiary/aromatic N) is 1. The summed E-state index contributed by atoms with van der Waals surface area (Å²) < 4.78 is 10.8. The monoisotopic (exact) mass is 285 g/mol. The standard InChI is InChI=1S/C17H19NO3/c19-16-3-1-7-17(16)8-2-9-18(17)10-6-13-4-5-14-15(11-13)21-12-20-14/h1,3-5,11H,2,6-10,12H2/t17-/m0/s1. The highest BCUT2D eigenvalue weighted by atomic mass is 16.7. The van der Waals surface area contributed by atoms with Crippen molar-refractivity contribution in [2.75, 3.05) is 19.9 Å². The van der Waals surface area contributed by atoms with Crippen molar-refractivity contribution in [2.24, 2.45) is 0 Å². The molecule has 0 unspecified atom stereocenters. The summed E-state index contributed by atoms with van der Waals surface area (Å²) in [4.78, 5) is 14.6. The minimum Gasteiger partial charge on any atom is -0.454 e. The zero-order chi connectivity index (χ0) is 14.3. The Kier molecular flexibility index (Phi) is 3.00. The predicted octanol–water partition coefficient (Wildman–Crippen LogP) is 2.32. The number of carbonyl (C=O) groups excluding carboxylic acids is 1. The Morgan fingerprint density at radius 2 is 2.14 bits per heavy atom. The zero-order valence-corrected chi connectivity index (χ0v) is 12.0. The van der Waals surface area contributed by atoms with E-state index in [0.29, 0.717) is 12.6 Å². The van der Waals surface area contributed by atoms with E-state index in [9.17, 15) is 4.79 Å². The van der Waals surface area contributed by atoms with Crippen LogP contribution in [0.3, 0.4) is 0 Å². The molecule has 0 N–H and O–H groups in total. The highest BCUT2D eigenvalue weighted by Gasteiger charge is 2.46. The normalized spacial score (nSPS) is 27.1. The van der Waals surface area contributed by atoms with Crippen LogP contribution < -0.4 is 9.47 Å². The van der Waals surface area contributed by atoms with Gasteiger partial charge in [0.1, 0.15) is 0 Å². The van der Waals surface area contributed by atoms with Gasteiger partial charge in [0.25, 0.3) is 0 Å². The molecule has 4 heteroatoms. The number of fused-ring (bicyclic) bond motifs is 1. The maximum atomic E-state index is 12.2. The molecule has 1 aromatic carbocycles. The summed E-state index contributed by atoms with van der Waals surface area (Å²) in [6, 6.07) is 6.12. The molecule has 0 bridgehead atoms. The molecule has 0 amide bonds. The van der Waals surface area contributed by atoms with Gasteiger partial charge in [-0.1, -0.05) is 12.1 Å².